The van der Waals surface area contributed by atoms with Crippen LogP contribution in [0.5, 0.6) is 0 Å². The minimum atomic E-state index is -0.518. The first-order chi connectivity index (χ1) is 12.3. The van der Waals surface area contributed by atoms with Gasteiger partial charge in [0.1, 0.15) is 5.71 Å². The molecule has 3 aromatic rings. The molecule has 126 valence electrons. The minimum Gasteiger partial charge on any atom is -0.463 e. The fourth-order valence-electron chi connectivity index (χ4n) is 2.34. The Morgan fingerprint density at radius 3 is 2.28 bits per heavy atom. The van der Waals surface area contributed by atoms with E-state index in [0.717, 1.165) is 11.1 Å². The van der Waals surface area contributed by atoms with Crippen molar-refractivity contribution in [3.63, 3.8) is 0 Å². The van der Waals surface area contributed by atoms with E-state index in [1.165, 1.54) is 7.11 Å². The van der Waals surface area contributed by atoms with Crippen LogP contribution in [0, 0.1) is 0 Å². The smallest absolute Gasteiger partial charge is 0.373 e. The predicted octanol–water partition coefficient (Wildman–Crippen LogP) is 3.61. The highest BCUT2D eigenvalue weighted by Gasteiger charge is 2.16. The molecule has 5 heteroatoms. The van der Waals surface area contributed by atoms with Crippen molar-refractivity contribution in [2.45, 2.75) is 6.54 Å². The van der Waals surface area contributed by atoms with E-state index < -0.39 is 5.97 Å². The van der Waals surface area contributed by atoms with Crippen molar-refractivity contribution in [2.75, 3.05) is 7.11 Å². The minimum absolute atomic E-state index is 0.143. The van der Waals surface area contributed by atoms with Gasteiger partial charge < -0.3 is 14.6 Å². The SMILES string of the molecule is COC(=O)c1ccc(C(=NNCc2ccccc2)c2ccccc2)o1. The molecule has 0 amide bonds. The van der Waals surface area contributed by atoms with Crippen LogP contribution in [0.1, 0.15) is 27.4 Å². The summed E-state index contributed by atoms with van der Waals surface area (Å²) in [4.78, 5) is 11.6. The summed E-state index contributed by atoms with van der Waals surface area (Å²) in [5, 5.41) is 4.48. The van der Waals surface area contributed by atoms with Crippen LogP contribution in [0.2, 0.25) is 0 Å². The Hall–Kier alpha value is -3.34. The first-order valence-electron chi connectivity index (χ1n) is 7.86. The monoisotopic (exact) mass is 334 g/mol. The van der Waals surface area contributed by atoms with E-state index in [2.05, 4.69) is 15.3 Å². The van der Waals surface area contributed by atoms with E-state index >= 15 is 0 Å². The fourth-order valence-corrected chi connectivity index (χ4v) is 2.34. The lowest BCUT2D eigenvalue weighted by molar-refractivity contribution is 0.0564. The van der Waals surface area contributed by atoms with Crippen molar-refractivity contribution in [1.82, 2.24) is 5.43 Å². The summed E-state index contributed by atoms with van der Waals surface area (Å²) >= 11 is 0. The number of benzene rings is 2. The molecule has 0 spiro atoms. The van der Waals surface area contributed by atoms with Crippen molar-refractivity contribution >= 4 is 11.7 Å². The Bertz CT molecular complexity index is 855. The summed E-state index contributed by atoms with van der Waals surface area (Å²) in [6.07, 6.45) is 0. The van der Waals surface area contributed by atoms with Gasteiger partial charge in [0.25, 0.3) is 0 Å². The molecule has 0 aliphatic carbocycles. The Morgan fingerprint density at radius 2 is 1.60 bits per heavy atom. The molecule has 0 radical (unpaired) electrons. The molecule has 0 saturated heterocycles. The third-order valence-corrected chi connectivity index (χ3v) is 3.59. The summed E-state index contributed by atoms with van der Waals surface area (Å²) in [5.41, 5.74) is 5.68. The molecule has 0 unspecified atom stereocenters. The third kappa shape index (κ3) is 4.14. The molecule has 0 bridgehead atoms. The molecular formula is C20H18N2O3. The van der Waals surface area contributed by atoms with Crippen LogP contribution in [0.25, 0.3) is 0 Å². The van der Waals surface area contributed by atoms with Crippen LogP contribution in [-0.2, 0) is 11.3 Å². The number of methoxy groups -OCH3 is 1. The Labute approximate surface area is 145 Å². The van der Waals surface area contributed by atoms with Gasteiger partial charge in [-0.3, -0.25) is 0 Å². The maximum Gasteiger partial charge on any atom is 0.373 e. The maximum atomic E-state index is 11.6. The van der Waals surface area contributed by atoms with Gasteiger partial charge in [0.15, 0.2) is 5.76 Å². The summed E-state index contributed by atoms with van der Waals surface area (Å²) in [7, 11) is 1.32. The highest BCUT2D eigenvalue weighted by atomic mass is 16.5. The van der Waals surface area contributed by atoms with Crippen LogP contribution >= 0.6 is 0 Å². The average molecular weight is 334 g/mol. The molecule has 1 heterocycles. The van der Waals surface area contributed by atoms with Crippen molar-refractivity contribution in [2.24, 2.45) is 5.10 Å². The molecule has 2 aromatic carbocycles. The largest absolute Gasteiger partial charge is 0.463 e. The highest BCUT2D eigenvalue weighted by Crippen LogP contribution is 2.15. The Balaban J connectivity index is 1.86. The number of ether oxygens (including phenoxy) is 1. The number of nitrogens with zero attached hydrogens (tertiary/aromatic N) is 1. The van der Waals surface area contributed by atoms with E-state index in [4.69, 9.17) is 4.42 Å². The molecule has 0 saturated carbocycles. The van der Waals surface area contributed by atoms with Gasteiger partial charge in [0.05, 0.1) is 13.7 Å². The van der Waals surface area contributed by atoms with Gasteiger partial charge >= 0.3 is 5.97 Å². The number of carbonyl (C=O) groups excluding carboxylic acids is 1. The van der Waals surface area contributed by atoms with E-state index in [1.54, 1.807) is 12.1 Å². The standard InChI is InChI=1S/C20H18N2O3/c1-24-20(23)18-13-12-17(25-18)19(16-10-6-3-7-11-16)22-21-14-15-8-4-2-5-9-15/h2-13,21H,14H2,1H3. The van der Waals surface area contributed by atoms with Gasteiger partial charge in [-0.2, -0.15) is 5.10 Å². The van der Waals surface area contributed by atoms with Crippen molar-refractivity contribution in [3.8, 4) is 0 Å². The summed E-state index contributed by atoms with van der Waals surface area (Å²) in [5.74, 6) is 0.118. The second-order valence-electron chi connectivity index (χ2n) is 5.30. The highest BCUT2D eigenvalue weighted by molar-refractivity contribution is 6.11. The van der Waals surface area contributed by atoms with E-state index in [1.807, 2.05) is 60.7 Å². The molecular weight excluding hydrogens is 316 g/mol. The first kappa shape index (κ1) is 16.5. The number of esters is 1. The molecule has 0 atom stereocenters. The van der Waals surface area contributed by atoms with Crippen LogP contribution in [0.15, 0.2) is 82.3 Å². The number of furan rings is 1. The third-order valence-electron chi connectivity index (χ3n) is 3.59. The second kappa shape index (κ2) is 7.97. The number of rotatable bonds is 6. The summed E-state index contributed by atoms with van der Waals surface area (Å²) < 4.78 is 10.3. The van der Waals surface area contributed by atoms with Crippen LogP contribution in [0.4, 0.5) is 0 Å². The molecule has 5 nitrogen and oxygen atoms in total. The normalized spacial score (nSPS) is 11.2. The van der Waals surface area contributed by atoms with Gasteiger partial charge in [-0.1, -0.05) is 60.7 Å². The van der Waals surface area contributed by atoms with E-state index in [-0.39, 0.29) is 5.76 Å². The summed E-state index contributed by atoms with van der Waals surface area (Å²) in [6.45, 7) is 0.585. The maximum absolute atomic E-state index is 11.6. The zero-order valence-electron chi connectivity index (χ0n) is 13.8. The molecule has 25 heavy (non-hydrogen) atoms. The zero-order valence-corrected chi connectivity index (χ0v) is 13.8. The lowest BCUT2D eigenvalue weighted by Gasteiger charge is -2.06. The number of hydrogen-bond acceptors (Lipinski definition) is 5. The van der Waals surface area contributed by atoms with Crippen LogP contribution in [0.3, 0.4) is 0 Å². The van der Waals surface area contributed by atoms with Crippen molar-refractivity contribution < 1.29 is 13.9 Å². The Kier molecular flexibility index (Phi) is 5.26. The average Bonchev–Trinajstić information content (AvgIpc) is 3.16. The van der Waals surface area contributed by atoms with E-state index in [9.17, 15) is 4.79 Å². The lowest BCUT2D eigenvalue weighted by atomic mass is 10.1. The first-order valence-corrected chi connectivity index (χ1v) is 7.86. The van der Waals surface area contributed by atoms with Crippen LogP contribution < -0.4 is 5.43 Å². The predicted molar refractivity (Wildman–Crippen MR) is 95.4 cm³/mol. The number of nitrogens with one attached hydrogen (secondary N) is 1. The van der Waals surface area contributed by atoms with E-state index in [0.29, 0.717) is 18.0 Å². The van der Waals surface area contributed by atoms with Gasteiger partial charge in [0.2, 0.25) is 5.76 Å². The molecule has 1 N–H and O–H groups in total. The lowest BCUT2D eigenvalue weighted by Crippen LogP contribution is -2.12. The molecule has 0 aliphatic rings. The van der Waals surface area contributed by atoms with Gasteiger partial charge in [-0.15, -0.1) is 0 Å². The molecule has 3 rings (SSSR count). The summed E-state index contributed by atoms with van der Waals surface area (Å²) in [6, 6.07) is 22.9. The number of hydrazone groups is 1. The molecule has 1 aromatic heterocycles. The second-order valence-corrected chi connectivity index (χ2v) is 5.30. The number of hydrogen-bond donors (Lipinski definition) is 1. The van der Waals surface area contributed by atoms with Crippen LogP contribution in [-0.4, -0.2) is 18.8 Å². The molecule has 0 fully saturated rings. The van der Waals surface area contributed by atoms with Crippen molar-refractivity contribution in [1.29, 1.82) is 0 Å². The topological polar surface area (TPSA) is 63.8 Å². The van der Waals surface area contributed by atoms with Gasteiger partial charge in [-0.25, -0.2) is 4.79 Å². The van der Waals surface area contributed by atoms with Gasteiger partial charge in [-0.05, 0) is 17.7 Å². The quantitative estimate of drug-likeness (QED) is 0.425. The molecule has 0 aliphatic heterocycles. The fraction of sp³-hybridized carbons (Fsp3) is 0.100. The van der Waals surface area contributed by atoms with Gasteiger partial charge in [0, 0.05) is 5.56 Å². The Morgan fingerprint density at radius 1 is 0.960 bits per heavy atom. The zero-order chi connectivity index (χ0) is 17.5. The number of carbonyl (C=O) groups is 1. The van der Waals surface area contributed by atoms with Crippen molar-refractivity contribution in [3.05, 3.63) is 95.4 Å².